The Bertz CT molecular complexity index is 587. The van der Waals surface area contributed by atoms with E-state index in [0.717, 1.165) is 49.6 Å². The van der Waals surface area contributed by atoms with E-state index in [0.29, 0.717) is 18.9 Å². The lowest BCUT2D eigenvalue weighted by atomic mass is 9.93. The molecule has 3 rings (SSSR count). The van der Waals surface area contributed by atoms with Gasteiger partial charge in [0.15, 0.2) is 5.75 Å². The summed E-state index contributed by atoms with van der Waals surface area (Å²) in [6, 6.07) is 6.26. The van der Waals surface area contributed by atoms with Gasteiger partial charge in [0, 0.05) is 26.1 Å². The molecule has 132 valence electrons. The van der Waals surface area contributed by atoms with E-state index in [1.54, 1.807) is 0 Å². The number of carbonyl (C=O) groups excluding carboxylic acids is 1. The fraction of sp³-hybridized carbons (Fsp3) is 0.632. The lowest BCUT2D eigenvalue weighted by molar-refractivity contribution is -0.156. The molecule has 0 radical (unpaired) electrons. The lowest BCUT2D eigenvalue weighted by Gasteiger charge is -2.35. The van der Waals surface area contributed by atoms with Crippen molar-refractivity contribution in [3.8, 4) is 5.75 Å². The van der Waals surface area contributed by atoms with Gasteiger partial charge >= 0.3 is 5.97 Å². The van der Waals surface area contributed by atoms with E-state index in [1.807, 2.05) is 20.8 Å². The summed E-state index contributed by atoms with van der Waals surface area (Å²) in [5.74, 6) is 1.30. The third-order valence-corrected chi connectivity index (χ3v) is 4.49. The number of para-hydroxylation sites is 1. The van der Waals surface area contributed by atoms with E-state index in [2.05, 4.69) is 28.4 Å². The Balaban J connectivity index is 1.57. The molecule has 1 aromatic rings. The number of hydrogen-bond acceptors (Lipinski definition) is 5. The van der Waals surface area contributed by atoms with E-state index >= 15 is 0 Å². The average Bonchev–Trinajstić information content (AvgIpc) is 2.53. The Morgan fingerprint density at radius 2 is 2.08 bits per heavy atom. The van der Waals surface area contributed by atoms with Gasteiger partial charge in [-0.1, -0.05) is 6.07 Å². The molecule has 0 amide bonds. The van der Waals surface area contributed by atoms with Gasteiger partial charge < -0.3 is 19.7 Å². The first-order valence-corrected chi connectivity index (χ1v) is 8.89. The first kappa shape index (κ1) is 16.9. The maximum atomic E-state index is 12.0. The molecule has 0 aromatic heterocycles. The fourth-order valence-electron chi connectivity index (χ4n) is 3.40. The number of carbonyl (C=O) groups is 1. The molecule has 2 heterocycles. The van der Waals surface area contributed by atoms with Crippen molar-refractivity contribution in [2.45, 2.75) is 45.6 Å². The Morgan fingerprint density at radius 1 is 1.33 bits per heavy atom. The maximum Gasteiger partial charge on any atom is 0.306 e. The minimum atomic E-state index is -0.398. The smallest absolute Gasteiger partial charge is 0.306 e. The van der Waals surface area contributed by atoms with Crippen molar-refractivity contribution in [3.05, 3.63) is 18.2 Å². The summed E-state index contributed by atoms with van der Waals surface area (Å²) in [4.78, 5) is 14.4. The van der Waals surface area contributed by atoms with Crippen LogP contribution in [-0.2, 0) is 9.53 Å². The summed E-state index contributed by atoms with van der Waals surface area (Å²) in [5, 5.41) is 3.39. The van der Waals surface area contributed by atoms with Crippen molar-refractivity contribution in [3.63, 3.8) is 0 Å². The van der Waals surface area contributed by atoms with Gasteiger partial charge in [0.25, 0.3) is 0 Å². The van der Waals surface area contributed by atoms with Gasteiger partial charge in [0.05, 0.1) is 11.4 Å². The summed E-state index contributed by atoms with van der Waals surface area (Å²) >= 11 is 0. The quantitative estimate of drug-likeness (QED) is 0.859. The molecule has 0 unspecified atom stereocenters. The second kappa shape index (κ2) is 6.91. The predicted octanol–water partition coefficient (Wildman–Crippen LogP) is 3.44. The zero-order valence-corrected chi connectivity index (χ0v) is 14.9. The second-order valence-corrected chi connectivity index (χ2v) is 7.65. The first-order valence-electron chi connectivity index (χ1n) is 8.89. The molecule has 0 saturated carbocycles. The first-order chi connectivity index (χ1) is 11.4. The highest BCUT2D eigenvalue weighted by Gasteiger charge is 2.26. The molecule has 0 aliphatic carbocycles. The number of fused-ring (bicyclic) bond motifs is 1. The Morgan fingerprint density at radius 3 is 2.79 bits per heavy atom. The third-order valence-electron chi connectivity index (χ3n) is 4.49. The molecule has 1 fully saturated rings. The Labute approximate surface area is 144 Å². The number of rotatable bonds is 3. The van der Waals surface area contributed by atoms with Crippen LogP contribution in [0.4, 0.5) is 11.4 Å². The molecular weight excluding hydrogens is 304 g/mol. The van der Waals surface area contributed by atoms with Crippen LogP contribution in [0.15, 0.2) is 18.2 Å². The van der Waals surface area contributed by atoms with Crippen LogP contribution in [-0.4, -0.2) is 37.8 Å². The zero-order chi connectivity index (χ0) is 17.2. The van der Waals surface area contributed by atoms with Crippen LogP contribution >= 0.6 is 0 Å². The standard InChI is InChI=1S/C19H28N2O3/c1-19(2,3)24-17(22)13-14-7-10-21(11-8-14)16-6-4-5-15-18(16)23-12-9-20-15/h4-6,14,20H,7-13H2,1-3H3. The minimum absolute atomic E-state index is 0.0782. The van der Waals surface area contributed by atoms with Crippen LogP contribution in [0.25, 0.3) is 0 Å². The molecule has 0 atom stereocenters. The molecule has 1 saturated heterocycles. The molecule has 0 spiro atoms. The third kappa shape index (κ3) is 4.13. The number of anilines is 2. The van der Waals surface area contributed by atoms with Gasteiger partial charge in [-0.25, -0.2) is 0 Å². The van der Waals surface area contributed by atoms with Crippen molar-refractivity contribution in [2.75, 3.05) is 36.5 Å². The highest BCUT2D eigenvalue weighted by molar-refractivity contribution is 5.73. The molecule has 2 aliphatic heterocycles. The number of piperidine rings is 1. The molecule has 1 aromatic carbocycles. The van der Waals surface area contributed by atoms with Gasteiger partial charge in [0.1, 0.15) is 12.2 Å². The fourth-order valence-corrected chi connectivity index (χ4v) is 3.40. The number of nitrogens with one attached hydrogen (secondary N) is 1. The summed E-state index contributed by atoms with van der Waals surface area (Å²) in [6.07, 6.45) is 2.54. The van der Waals surface area contributed by atoms with Crippen LogP contribution in [0.2, 0.25) is 0 Å². The van der Waals surface area contributed by atoms with Gasteiger partial charge in [-0.15, -0.1) is 0 Å². The normalized spacial score (nSPS) is 18.4. The molecule has 5 heteroatoms. The number of nitrogens with zero attached hydrogens (tertiary/aromatic N) is 1. The molecule has 1 N–H and O–H groups in total. The SMILES string of the molecule is CC(C)(C)OC(=O)CC1CCN(c2cccc3c2OCCN3)CC1. The molecule has 2 aliphatic rings. The molecule has 5 nitrogen and oxygen atoms in total. The molecular formula is C19H28N2O3. The Hall–Kier alpha value is -1.91. The van der Waals surface area contributed by atoms with Crippen LogP contribution in [0.5, 0.6) is 5.75 Å². The Kier molecular flexibility index (Phi) is 4.88. The number of benzene rings is 1. The van der Waals surface area contributed by atoms with Crippen molar-refractivity contribution < 1.29 is 14.3 Å². The maximum absolute atomic E-state index is 12.0. The molecule has 24 heavy (non-hydrogen) atoms. The summed E-state index contributed by atoms with van der Waals surface area (Å²) < 4.78 is 11.3. The van der Waals surface area contributed by atoms with Crippen LogP contribution < -0.4 is 15.0 Å². The van der Waals surface area contributed by atoms with Gasteiger partial charge in [-0.2, -0.15) is 0 Å². The number of hydrogen-bond donors (Lipinski definition) is 1. The summed E-state index contributed by atoms with van der Waals surface area (Å²) in [7, 11) is 0. The zero-order valence-electron chi connectivity index (χ0n) is 14.9. The highest BCUT2D eigenvalue weighted by Crippen LogP contribution is 2.39. The second-order valence-electron chi connectivity index (χ2n) is 7.65. The van der Waals surface area contributed by atoms with E-state index in [9.17, 15) is 4.79 Å². The summed E-state index contributed by atoms with van der Waals surface area (Å²) in [5.41, 5.74) is 1.84. The summed E-state index contributed by atoms with van der Waals surface area (Å²) in [6.45, 7) is 9.22. The van der Waals surface area contributed by atoms with E-state index in [-0.39, 0.29) is 5.97 Å². The average molecular weight is 332 g/mol. The molecule has 0 bridgehead atoms. The monoisotopic (exact) mass is 332 g/mol. The van der Waals surface area contributed by atoms with Crippen molar-refractivity contribution in [1.29, 1.82) is 0 Å². The predicted molar refractivity (Wildman–Crippen MR) is 95.8 cm³/mol. The highest BCUT2D eigenvalue weighted by atomic mass is 16.6. The van der Waals surface area contributed by atoms with Crippen LogP contribution in [0, 0.1) is 5.92 Å². The topological polar surface area (TPSA) is 50.8 Å². The van der Waals surface area contributed by atoms with Crippen LogP contribution in [0.1, 0.15) is 40.0 Å². The van der Waals surface area contributed by atoms with Gasteiger partial charge in [-0.3, -0.25) is 4.79 Å². The van der Waals surface area contributed by atoms with Crippen molar-refractivity contribution in [2.24, 2.45) is 5.92 Å². The minimum Gasteiger partial charge on any atom is -0.487 e. The lowest BCUT2D eigenvalue weighted by Crippen LogP contribution is -2.36. The van der Waals surface area contributed by atoms with E-state index in [4.69, 9.17) is 9.47 Å². The van der Waals surface area contributed by atoms with Crippen LogP contribution in [0.3, 0.4) is 0 Å². The number of esters is 1. The van der Waals surface area contributed by atoms with Crippen molar-refractivity contribution >= 4 is 17.3 Å². The van der Waals surface area contributed by atoms with E-state index in [1.165, 1.54) is 0 Å². The van der Waals surface area contributed by atoms with Gasteiger partial charge in [0.2, 0.25) is 0 Å². The number of ether oxygens (including phenoxy) is 2. The van der Waals surface area contributed by atoms with Crippen molar-refractivity contribution in [1.82, 2.24) is 0 Å². The largest absolute Gasteiger partial charge is 0.487 e. The van der Waals surface area contributed by atoms with Gasteiger partial charge in [-0.05, 0) is 51.7 Å². The van der Waals surface area contributed by atoms with E-state index < -0.39 is 5.60 Å².